The van der Waals surface area contributed by atoms with Gasteiger partial charge in [-0.15, -0.1) is 0 Å². The van der Waals surface area contributed by atoms with Crippen LogP contribution in [0.4, 0.5) is 5.69 Å². The number of anilines is 1. The Balaban J connectivity index is 1.92. The Bertz CT molecular complexity index is 877. The molecule has 3 atom stereocenters. The van der Waals surface area contributed by atoms with Gasteiger partial charge in [0, 0.05) is 11.5 Å². The molecule has 2 aliphatic heterocycles. The monoisotopic (exact) mass is 368 g/mol. The van der Waals surface area contributed by atoms with Crippen LogP contribution in [-0.4, -0.2) is 17.9 Å². The second-order valence-electron chi connectivity index (χ2n) is 7.33. The van der Waals surface area contributed by atoms with Gasteiger partial charge in [0.05, 0.1) is 18.8 Å². The lowest BCUT2D eigenvalue weighted by atomic mass is 9.80. The smallest absolute Gasteiger partial charge is 0.191 e. The van der Waals surface area contributed by atoms with E-state index < -0.39 is 5.72 Å². The number of methoxy groups -OCH3 is 1. The second-order valence-corrected chi connectivity index (χ2v) is 7.71. The topological polar surface area (TPSA) is 33.7 Å². The van der Waals surface area contributed by atoms with E-state index in [9.17, 15) is 0 Å². The summed E-state index contributed by atoms with van der Waals surface area (Å²) < 4.78 is 12.2. The zero-order valence-electron chi connectivity index (χ0n) is 15.8. The van der Waals surface area contributed by atoms with E-state index in [0.29, 0.717) is 5.11 Å². The van der Waals surface area contributed by atoms with Gasteiger partial charge in [0.1, 0.15) is 0 Å². The summed E-state index contributed by atoms with van der Waals surface area (Å²) >= 11 is 5.80. The van der Waals surface area contributed by atoms with Crippen molar-refractivity contribution in [2.75, 3.05) is 12.0 Å². The first-order valence-electron chi connectivity index (χ1n) is 8.91. The summed E-state index contributed by atoms with van der Waals surface area (Å²) in [7, 11) is 1.68. The third kappa shape index (κ3) is 2.23. The Hall–Kier alpha value is -2.27. The molecule has 0 saturated carbocycles. The largest absolute Gasteiger partial charge is 0.493 e. The summed E-state index contributed by atoms with van der Waals surface area (Å²) in [6, 6.07) is 12.4. The molecule has 26 heavy (non-hydrogen) atoms. The summed E-state index contributed by atoms with van der Waals surface area (Å²) in [4.78, 5) is 2.14. The maximum atomic E-state index is 6.65. The van der Waals surface area contributed by atoms with Crippen LogP contribution in [0.5, 0.6) is 11.5 Å². The highest BCUT2D eigenvalue weighted by Gasteiger charge is 2.54. The summed E-state index contributed by atoms with van der Waals surface area (Å²) in [6.07, 6.45) is 0. The van der Waals surface area contributed by atoms with Gasteiger partial charge in [-0.05, 0) is 50.2 Å². The minimum Gasteiger partial charge on any atom is -0.493 e. The van der Waals surface area contributed by atoms with Crippen LogP contribution >= 0.6 is 12.2 Å². The highest BCUT2D eigenvalue weighted by Crippen LogP contribution is 2.52. The molecular weight excluding hydrogens is 344 g/mol. The van der Waals surface area contributed by atoms with Crippen molar-refractivity contribution in [3.63, 3.8) is 0 Å². The fourth-order valence-corrected chi connectivity index (χ4v) is 4.66. The minimum atomic E-state index is -0.606. The number of para-hydroxylation sites is 2. The lowest BCUT2D eigenvalue weighted by molar-refractivity contribution is -0.00561. The molecular formula is C21H24N2O2S. The van der Waals surface area contributed by atoms with Crippen molar-refractivity contribution in [2.45, 2.75) is 39.5 Å². The molecule has 2 aromatic carbocycles. The van der Waals surface area contributed by atoms with Gasteiger partial charge in [-0.25, -0.2) is 0 Å². The molecule has 0 spiro atoms. The summed E-state index contributed by atoms with van der Waals surface area (Å²) in [5.74, 6) is 1.74. The quantitative estimate of drug-likeness (QED) is 0.790. The van der Waals surface area contributed by atoms with E-state index in [4.69, 9.17) is 21.7 Å². The summed E-state index contributed by atoms with van der Waals surface area (Å²) in [5.41, 5.74) is 3.95. The van der Waals surface area contributed by atoms with Crippen LogP contribution in [0.3, 0.4) is 0 Å². The van der Waals surface area contributed by atoms with Crippen LogP contribution in [0.25, 0.3) is 0 Å². The van der Waals surface area contributed by atoms with E-state index in [-0.39, 0.29) is 12.0 Å². The van der Waals surface area contributed by atoms with E-state index in [1.165, 1.54) is 11.1 Å². The SMILES string of the molecule is COc1cccc2c1OC1(C)C(C)C2NC(=S)N1c1c(C)cccc1C. The average Bonchev–Trinajstić information content (AvgIpc) is 2.60. The van der Waals surface area contributed by atoms with E-state index in [1.54, 1.807) is 7.11 Å². The first kappa shape index (κ1) is 17.2. The van der Waals surface area contributed by atoms with Crippen LogP contribution in [0.2, 0.25) is 0 Å². The number of rotatable bonds is 2. The number of fused-ring (bicyclic) bond motifs is 4. The number of aryl methyl sites for hydroxylation is 2. The number of ether oxygens (including phenoxy) is 2. The molecule has 1 N–H and O–H groups in total. The predicted molar refractivity (Wildman–Crippen MR) is 108 cm³/mol. The average molecular weight is 369 g/mol. The zero-order chi connectivity index (χ0) is 18.6. The zero-order valence-corrected chi connectivity index (χ0v) is 16.6. The molecule has 0 aromatic heterocycles. The van der Waals surface area contributed by atoms with Crippen LogP contribution in [0.1, 0.15) is 36.6 Å². The van der Waals surface area contributed by atoms with Gasteiger partial charge in [0.25, 0.3) is 0 Å². The minimum absolute atomic E-state index is 0.0897. The fourth-order valence-electron chi connectivity index (χ4n) is 4.26. The third-order valence-electron chi connectivity index (χ3n) is 5.81. The van der Waals surface area contributed by atoms with Crippen molar-refractivity contribution in [2.24, 2.45) is 5.92 Å². The van der Waals surface area contributed by atoms with Gasteiger partial charge in [0.2, 0.25) is 0 Å². The van der Waals surface area contributed by atoms with Gasteiger partial charge in [-0.1, -0.05) is 37.3 Å². The van der Waals surface area contributed by atoms with Gasteiger partial charge in [-0.2, -0.15) is 0 Å². The molecule has 4 nitrogen and oxygen atoms in total. The van der Waals surface area contributed by atoms with Crippen molar-refractivity contribution in [1.82, 2.24) is 5.32 Å². The third-order valence-corrected chi connectivity index (χ3v) is 6.11. The van der Waals surface area contributed by atoms with Crippen molar-refractivity contribution in [3.8, 4) is 11.5 Å². The Morgan fingerprint density at radius 3 is 2.46 bits per heavy atom. The number of benzene rings is 2. The molecule has 0 radical (unpaired) electrons. The Morgan fingerprint density at radius 2 is 1.81 bits per heavy atom. The van der Waals surface area contributed by atoms with Gasteiger partial charge < -0.3 is 14.8 Å². The lowest BCUT2D eigenvalue weighted by Crippen LogP contribution is -2.69. The number of nitrogens with one attached hydrogen (secondary N) is 1. The van der Waals surface area contributed by atoms with Crippen LogP contribution < -0.4 is 19.7 Å². The standard InChI is InChI=1S/C21H24N2O2S/c1-12-8-6-9-13(2)18(12)23-20(26)22-17-14(3)21(23,4)25-19-15(17)10-7-11-16(19)24-5/h6-11,14,17H,1-5H3,(H,22,26). The molecule has 2 aromatic rings. The molecule has 136 valence electrons. The first-order valence-corrected chi connectivity index (χ1v) is 9.32. The summed E-state index contributed by atoms with van der Waals surface area (Å²) in [5, 5.41) is 4.25. The Morgan fingerprint density at radius 1 is 1.15 bits per heavy atom. The van der Waals surface area contributed by atoms with E-state index in [1.807, 2.05) is 12.1 Å². The van der Waals surface area contributed by atoms with E-state index in [0.717, 1.165) is 22.7 Å². The van der Waals surface area contributed by atoms with Gasteiger partial charge in [-0.3, -0.25) is 4.90 Å². The van der Waals surface area contributed by atoms with Crippen molar-refractivity contribution in [1.29, 1.82) is 0 Å². The molecule has 1 fully saturated rings. The van der Waals surface area contributed by atoms with Crippen LogP contribution in [0.15, 0.2) is 36.4 Å². The first-order chi connectivity index (χ1) is 12.4. The number of hydrogen-bond donors (Lipinski definition) is 1. The van der Waals surface area contributed by atoms with Crippen molar-refractivity contribution in [3.05, 3.63) is 53.1 Å². The van der Waals surface area contributed by atoms with Crippen LogP contribution in [-0.2, 0) is 0 Å². The number of thiocarbonyl (C=S) groups is 1. The molecule has 2 aliphatic rings. The number of nitrogens with zero attached hydrogens (tertiary/aromatic N) is 1. The molecule has 1 saturated heterocycles. The van der Waals surface area contributed by atoms with Crippen molar-refractivity contribution >= 4 is 23.0 Å². The second kappa shape index (κ2) is 5.88. The maximum absolute atomic E-state index is 6.65. The number of hydrogen-bond acceptors (Lipinski definition) is 3. The molecule has 0 amide bonds. The lowest BCUT2D eigenvalue weighted by Gasteiger charge is -2.56. The molecule has 4 rings (SSSR count). The molecule has 2 heterocycles. The fraction of sp³-hybridized carbons (Fsp3) is 0.381. The normalized spacial score (nSPS) is 26.7. The molecule has 0 aliphatic carbocycles. The predicted octanol–water partition coefficient (Wildman–Crippen LogP) is 4.49. The highest BCUT2D eigenvalue weighted by molar-refractivity contribution is 7.80. The Labute approximate surface area is 160 Å². The maximum Gasteiger partial charge on any atom is 0.191 e. The molecule has 2 bridgehead atoms. The van der Waals surface area contributed by atoms with E-state index in [2.05, 4.69) is 62.2 Å². The van der Waals surface area contributed by atoms with Gasteiger partial charge >= 0.3 is 0 Å². The van der Waals surface area contributed by atoms with Crippen LogP contribution in [0, 0.1) is 19.8 Å². The molecule has 5 heteroatoms. The molecule has 3 unspecified atom stereocenters. The summed E-state index contributed by atoms with van der Waals surface area (Å²) in [6.45, 7) is 8.56. The van der Waals surface area contributed by atoms with Gasteiger partial charge in [0.15, 0.2) is 22.3 Å². The van der Waals surface area contributed by atoms with E-state index >= 15 is 0 Å². The van der Waals surface area contributed by atoms with Crippen molar-refractivity contribution < 1.29 is 9.47 Å². The highest BCUT2D eigenvalue weighted by atomic mass is 32.1. The Kier molecular flexibility index (Phi) is 3.88.